The van der Waals surface area contributed by atoms with Crippen LogP contribution in [0.2, 0.25) is 0 Å². The Morgan fingerprint density at radius 2 is 2.26 bits per heavy atom. The van der Waals surface area contributed by atoms with Crippen LogP contribution < -0.4 is 5.32 Å². The molecule has 130 valence electrons. The molecule has 1 unspecified atom stereocenters. The molecule has 9 heteroatoms. The van der Waals surface area contributed by atoms with E-state index in [2.05, 4.69) is 20.4 Å². The minimum Gasteiger partial charge on any atom is -0.323 e. The number of rotatable bonds is 6. The van der Waals surface area contributed by atoms with Crippen molar-refractivity contribution in [2.45, 2.75) is 25.7 Å². The molecule has 1 atom stereocenters. The van der Waals surface area contributed by atoms with Gasteiger partial charge in [-0.05, 0) is 19.4 Å². The summed E-state index contributed by atoms with van der Waals surface area (Å²) in [7, 11) is -0.0700. The Labute approximate surface area is 137 Å². The number of amides is 1. The number of hydrogen-bond donors (Lipinski definition) is 2. The Bertz CT molecular complexity index is 641. The number of carbonyl (C=O) groups is 1. The van der Waals surface area contributed by atoms with Gasteiger partial charge in [-0.2, -0.15) is 5.10 Å². The molecule has 0 spiro atoms. The number of H-pyrrole nitrogens is 1. The maximum Gasteiger partial charge on any atom is 0.221 e. The summed E-state index contributed by atoms with van der Waals surface area (Å²) >= 11 is 0. The van der Waals surface area contributed by atoms with Crippen molar-refractivity contribution in [3.05, 3.63) is 11.9 Å². The summed E-state index contributed by atoms with van der Waals surface area (Å²) in [5.74, 6) is 0.210. The average Bonchev–Trinajstić information content (AvgIpc) is 2.93. The number of nitrogens with zero attached hydrogens (tertiary/aromatic N) is 3. The summed E-state index contributed by atoms with van der Waals surface area (Å²) in [6, 6.07) is 0. The third kappa shape index (κ3) is 4.76. The smallest absolute Gasteiger partial charge is 0.221 e. The van der Waals surface area contributed by atoms with E-state index in [-0.39, 0.29) is 17.6 Å². The van der Waals surface area contributed by atoms with Crippen LogP contribution in [0.25, 0.3) is 0 Å². The monoisotopic (exact) mass is 343 g/mol. The van der Waals surface area contributed by atoms with Gasteiger partial charge in [-0.25, -0.2) is 12.7 Å². The highest BCUT2D eigenvalue weighted by molar-refractivity contribution is 7.89. The van der Waals surface area contributed by atoms with Crippen LogP contribution in [0.15, 0.2) is 6.20 Å². The fraction of sp³-hybridized carbons (Fsp3) is 0.714. The molecule has 0 bridgehead atoms. The number of aromatic nitrogens is 2. The van der Waals surface area contributed by atoms with E-state index in [4.69, 9.17) is 0 Å². The van der Waals surface area contributed by atoms with Crippen molar-refractivity contribution in [2.24, 2.45) is 0 Å². The van der Waals surface area contributed by atoms with Crippen LogP contribution in [0.4, 0.5) is 5.69 Å². The molecule has 2 N–H and O–H groups in total. The summed E-state index contributed by atoms with van der Waals surface area (Å²) in [4.78, 5) is 13.4. The highest BCUT2D eigenvalue weighted by Crippen LogP contribution is 2.30. The molecular formula is C14H25N5O3S. The fourth-order valence-corrected chi connectivity index (χ4v) is 3.67. The van der Waals surface area contributed by atoms with E-state index in [1.54, 1.807) is 20.3 Å². The molecule has 1 saturated heterocycles. The molecule has 1 fully saturated rings. The van der Waals surface area contributed by atoms with Crippen LogP contribution in [0.1, 0.15) is 31.4 Å². The topological polar surface area (TPSA) is 98.4 Å². The number of sulfonamides is 1. The van der Waals surface area contributed by atoms with Crippen molar-refractivity contribution in [1.82, 2.24) is 19.4 Å². The predicted octanol–water partition coefficient (Wildman–Crippen LogP) is 0.439. The largest absolute Gasteiger partial charge is 0.323 e. The first kappa shape index (κ1) is 17.9. The minimum atomic E-state index is -3.18. The highest BCUT2D eigenvalue weighted by Gasteiger charge is 2.26. The van der Waals surface area contributed by atoms with E-state index >= 15 is 0 Å². The maximum absolute atomic E-state index is 11.9. The second kappa shape index (κ2) is 7.41. The van der Waals surface area contributed by atoms with E-state index in [1.807, 2.05) is 0 Å². The van der Waals surface area contributed by atoms with Gasteiger partial charge >= 0.3 is 0 Å². The molecule has 2 rings (SSSR count). The minimum absolute atomic E-state index is 0.119. The van der Waals surface area contributed by atoms with Gasteiger partial charge in [0.25, 0.3) is 0 Å². The Morgan fingerprint density at radius 1 is 1.52 bits per heavy atom. The van der Waals surface area contributed by atoms with Crippen molar-refractivity contribution in [3.63, 3.8) is 0 Å². The Balaban J connectivity index is 1.99. The van der Waals surface area contributed by atoms with Crippen LogP contribution in [-0.4, -0.2) is 73.2 Å². The summed E-state index contributed by atoms with van der Waals surface area (Å²) in [6.07, 6.45) is 3.60. The molecule has 0 saturated carbocycles. The second-order valence-corrected chi connectivity index (χ2v) is 8.42. The van der Waals surface area contributed by atoms with Gasteiger partial charge in [0, 0.05) is 40.0 Å². The molecule has 1 amide bonds. The van der Waals surface area contributed by atoms with E-state index in [1.165, 1.54) is 11.2 Å². The number of likely N-dealkylation sites (tertiary alicyclic amines) is 1. The molecule has 0 aromatic carbocycles. The van der Waals surface area contributed by atoms with Gasteiger partial charge < -0.3 is 10.2 Å². The lowest BCUT2D eigenvalue weighted by molar-refractivity contribution is -0.114. The Morgan fingerprint density at radius 3 is 2.91 bits per heavy atom. The van der Waals surface area contributed by atoms with Crippen LogP contribution >= 0.6 is 0 Å². The van der Waals surface area contributed by atoms with Crippen molar-refractivity contribution in [2.75, 3.05) is 44.8 Å². The van der Waals surface area contributed by atoms with Crippen LogP contribution in [0.3, 0.4) is 0 Å². The Kier molecular flexibility index (Phi) is 5.77. The van der Waals surface area contributed by atoms with E-state index in [0.29, 0.717) is 12.2 Å². The first-order chi connectivity index (χ1) is 10.8. The molecule has 8 nitrogen and oxygen atoms in total. The van der Waals surface area contributed by atoms with Gasteiger partial charge in [-0.1, -0.05) is 0 Å². The van der Waals surface area contributed by atoms with E-state index in [0.717, 1.165) is 31.6 Å². The van der Waals surface area contributed by atoms with Crippen LogP contribution in [0, 0.1) is 0 Å². The molecule has 1 aliphatic rings. The lowest BCUT2D eigenvalue weighted by Gasteiger charge is -2.32. The molecule has 0 aliphatic carbocycles. The lowest BCUT2D eigenvalue weighted by Crippen LogP contribution is -2.39. The number of nitrogens with one attached hydrogen (secondary N) is 2. The fourth-order valence-electron chi connectivity index (χ4n) is 2.82. The molecule has 0 radical (unpaired) electrons. The molecule has 1 aromatic heterocycles. The van der Waals surface area contributed by atoms with Gasteiger partial charge in [-0.15, -0.1) is 0 Å². The SMILES string of the molecule is CC(=O)Nc1cn[nH]c1C1CCCN(CCS(=O)(=O)N(C)C)C1. The third-order valence-electron chi connectivity index (χ3n) is 4.12. The van der Waals surface area contributed by atoms with Crippen molar-refractivity contribution >= 4 is 21.6 Å². The zero-order chi connectivity index (χ0) is 17.0. The van der Waals surface area contributed by atoms with Crippen LogP contribution in [-0.2, 0) is 14.8 Å². The van der Waals surface area contributed by atoms with Crippen molar-refractivity contribution in [3.8, 4) is 0 Å². The molecule has 23 heavy (non-hydrogen) atoms. The maximum atomic E-state index is 11.9. The molecule has 1 aromatic rings. The second-order valence-electron chi connectivity index (χ2n) is 6.12. The molecule has 2 heterocycles. The average molecular weight is 343 g/mol. The standard InChI is InChI=1S/C14H25N5O3S/c1-11(20)16-13-9-15-17-14(13)12-5-4-6-19(10-12)7-8-23(21,22)18(2)3/h9,12H,4-8,10H2,1-3H3,(H,15,17)(H,16,20). The van der Waals surface area contributed by atoms with Gasteiger partial charge in [0.1, 0.15) is 0 Å². The first-order valence-electron chi connectivity index (χ1n) is 7.73. The van der Waals surface area contributed by atoms with Gasteiger partial charge in [0.15, 0.2) is 0 Å². The number of carbonyl (C=O) groups excluding carboxylic acids is 1. The number of anilines is 1. The van der Waals surface area contributed by atoms with Gasteiger partial charge in [0.2, 0.25) is 15.9 Å². The Hall–Kier alpha value is -1.45. The number of aromatic amines is 1. The number of piperidine rings is 1. The summed E-state index contributed by atoms with van der Waals surface area (Å²) < 4.78 is 25.1. The van der Waals surface area contributed by atoms with Gasteiger partial charge in [-0.3, -0.25) is 9.89 Å². The predicted molar refractivity (Wildman–Crippen MR) is 88.8 cm³/mol. The van der Waals surface area contributed by atoms with Crippen LogP contribution in [0.5, 0.6) is 0 Å². The molecular weight excluding hydrogens is 318 g/mol. The van der Waals surface area contributed by atoms with Gasteiger partial charge in [0.05, 0.1) is 23.3 Å². The summed E-state index contributed by atoms with van der Waals surface area (Å²) in [5.41, 5.74) is 1.63. The zero-order valence-electron chi connectivity index (χ0n) is 13.9. The zero-order valence-corrected chi connectivity index (χ0v) is 14.7. The number of hydrogen-bond acceptors (Lipinski definition) is 5. The highest BCUT2D eigenvalue weighted by atomic mass is 32.2. The summed E-state index contributed by atoms with van der Waals surface area (Å²) in [5, 5.41) is 9.78. The molecule has 1 aliphatic heterocycles. The van der Waals surface area contributed by atoms with Crippen molar-refractivity contribution < 1.29 is 13.2 Å². The van der Waals surface area contributed by atoms with E-state index < -0.39 is 10.0 Å². The lowest BCUT2D eigenvalue weighted by atomic mass is 9.94. The third-order valence-corrected chi connectivity index (χ3v) is 5.93. The van der Waals surface area contributed by atoms with E-state index in [9.17, 15) is 13.2 Å². The normalized spacial score (nSPS) is 19.9. The van der Waals surface area contributed by atoms with Crippen molar-refractivity contribution in [1.29, 1.82) is 0 Å². The summed E-state index contributed by atoms with van der Waals surface area (Å²) in [6.45, 7) is 3.64. The first-order valence-corrected chi connectivity index (χ1v) is 9.34. The quantitative estimate of drug-likeness (QED) is 0.781.